The molecule has 0 atom stereocenters. The molecule has 0 amide bonds. The van der Waals surface area contributed by atoms with Gasteiger partial charge in [0, 0.05) is 83.1 Å². The van der Waals surface area contributed by atoms with Crippen LogP contribution >= 0.6 is 0 Å². The largest absolute Gasteiger partial charge is 0.454 e. The quantitative estimate of drug-likeness (QED) is 0.135. The van der Waals surface area contributed by atoms with E-state index in [1.807, 2.05) is 41.5 Å². The highest BCUT2D eigenvalue weighted by Gasteiger charge is 2.47. The van der Waals surface area contributed by atoms with E-state index in [0.29, 0.717) is 5.56 Å². The summed E-state index contributed by atoms with van der Waals surface area (Å²) in [6.45, 7) is 9.08. The fraction of sp³-hybridized carbons (Fsp3) is 0.0816. The normalized spacial score (nSPS) is 16.6. The van der Waals surface area contributed by atoms with Crippen LogP contribution in [0, 0.1) is 0 Å². The molecule has 104 heavy (non-hydrogen) atoms. The highest BCUT2D eigenvalue weighted by Crippen LogP contribution is 2.56. The molecule has 494 valence electrons. The van der Waals surface area contributed by atoms with Gasteiger partial charge in [0.15, 0.2) is 5.58 Å². The molecule has 6 heteroatoms. The zero-order valence-corrected chi connectivity index (χ0v) is 56.9. The zero-order valence-electron chi connectivity index (χ0n) is 84.9. The molecule has 0 bridgehead atoms. The zero-order chi connectivity index (χ0) is 94.1. The van der Waals surface area contributed by atoms with Gasteiger partial charge >= 0.3 is 0 Å². The Morgan fingerprint density at radius 1 is 0.337 bits per heavy atom. The van der Waals surface area contributed by atoms with E-state index in [2.05, 4.69) is 0 Å². The lowest BCUT2D eigenvalue weighted by molar-refractivity contribution is 0.590. The number of fused-ring (bicyclic) bond motifs is 13. The van der Waals surface area contributed by atoms with Gasteiger partial charge in [-0.2, -0.15) is 0 Å². The molecule has 20 rings (SSSR count). The van der Waals surface area contributed by atoms with E-state index >= 15 is 0 Å². The van der Waals surface area contributed by atoms with Gasteiger partial charge < -0.3 is 23.4 Å². The molecule has 0 N–H and O–H groups in total. The van der Waals surface area contributed by atoms with Crippen LogP contribution in [0.1, 0.15) is 91.1 Å². The van der Waals surface area contributed by atoms with Crippen molar-refractivity contribution >= 4 is 123 Å². The van der Waals surface area contributed by atoms with E-state index in [9.17, 15) is 38.4 Å². The van der Waals surface area contributed by atoms with Gasteiger partial charge in [-0.1, -0.05) is 290 Å². The van der Waals surface area contributed by atoms with Crippen LogP contribution in [-0.2, 0) is 10.8 Å². The maximum atomic E-state index is 11.9. The molecule has 5 heterocycles. The van der Waals surface area contributed by atoms with Crippen molar-refractivity contribution in [3.05, 3.63) is 344 Å². The van der Waals surface area contributed by atoms with Crippen LogP contribution in [0.25, 0.3) is 133 Å². The van der Waals surface area contributed by atoms with Crippen LogP contribution in [0.2, 0.25) is 0 Å². The third kappa shape index (κ3) is 9.55. The van der Waals surface area contributed by atoms with Crippen molar-refractivity contribution in [2.45, 2.75) is 52.4 Å². The van der Waals surface area contributed by atoms with Gasteiger partial charge in [-0.05, 0) is 162 Å². The van der Waals surface area contributed by atoms with Crippen LogP contribution in [0.15, 0.2) is 337 Å². The predicted octanol–water partition coefficient (Wildman–Crippen LogP) is 24.8. The van der Waals surface area contributed by atoms with Crippen LogP contribution < -0.4 is 26.2 Å². The fourth-order valence-electron chi connectivity index (χ4n) is 15.0. The molecular weight excluding hydrogens is 1260 g/mol. The van der Waals surface area contributed by atoms with Gasteiger partial charge in [-0.15, -0.1) is 0 Å². The van der Waals surface area contributed by atoms with Gasteiger partial charge in [0.2, 0.25) is 0 Å². The van der Waals surface area contributed by atoms with E-state index in [1.165, 1.54) is 9.80 Å². The Bertz CT molecular complexity index is 8190. The van der Waals surface area contributed by atoms with Crippen molar-refractivity contribution < 1.29 is 42.8 Å². The summed E-state index contributed by atoms with van der Waals surface area (Å²) in [7, 11) is 0. The first kappa shape index (κ1) is 39.0. The number of furan rings is 1. The highest BCUT2D eigenvalue weighted by molar-refractivity contribution is 7.00. The fourth-order valence-corrected chi connectivity index (χ4v) is 15.0. The first-order valence-corrected chi connectivity index (χ1v) is 34.2. The minimum Gasteiger partial charge on any atom is -0.454 e. The molecule has 15 aromatic carbocycles. The number of rotatable bonds is 9. The van der Waals surface area contributed by atoms with Crippen LogP contribution in [0.5, 0.6) is 0 Å². The molecule has 0 saturated heterocycles. The predicted molar refractivity (Wildman–Crippen MR) is 441 cm³/mol. The second-order valence-corrected chi connectivity index (χ2v) is 28.1. The average molecular weight is 1360 g/mol. The minimum atomic E-state index is -1.94. The van der Waals surface area contributed by atoms with Gasteiger partial charge in [-0.25, -0.2) is 0 Å². The third-order valence-corrected chi connectivity index (χ3v) is 19.8. The number of nitrogens with zero attached hydrogens (tertiary/aromatic N) is 4. The van der Waals surface area contributed by atoms with E-state index in [0.717, 1.165) is 9.13 Å². The summed E-state index contributed by atoms with van der Waals surface area (Å²) in [6, 6.07) is 25.5. The summed E-state index contributed by atoms with van der Waals surface area (Å²) in [5, 5.41) is -1.59. The molecule has 5 nitrogen and oxygen atoms in total. The second kappa shape index (κ2) is 23.5. The Balaban J connectivity index is 1.08. The van der Waals surface area contributed by atoms with Gasteiger partial charge in [-0.3, -0.25) is 0 Å². The first-order valence-electron chi connectivity index (χ1n) is 48.2. The number of hydrogen-bond donors (Lipinski definition) is 0. The number of anilines is 6. The first-order chi connectivity index (χ1) is 62.6. The number of para-hydroxylation sites is 4. The van der Waals surface area contributed by atoms with E-state index in [-0.39, 0.29) is 139 Å². The minimum absolute atomic E-state index is 0.0163. The highest BCUT2D eigenvalue weighted by atomic mass is 16.3. The Kier molecular flexibility index (Phi) is 8.79. The molecule has 0 saturated carbocycles. The molecule has 0 spiro atoms. The molecule has 0 radical (unpaired) electrons. The Morgan fingerprint density at radius 3 is 1.23 bits per heavy atom. The summed E-state index contributed by atoms with van der Waals surface area (Å²) < 4.78 is 298. The van der Waals surface area contributed by atoms with Crippen LogP contribution in [0.3, 0.4) is 0 Å². The van der Waals surface area contributed by atoms with Gasteiger partial charge in [0.1, 0.15) is 5.58 Å². The topological polar surface area (TPSA) is 29.5 Å². The van der Waals surface area contributed by atoms with Crippen molar-refractivity contribution in [2.24, 2.45) is 0 Å². The average Bonchev–Trinajstić information content (AvgIpc) is 1.03. The van der Waals surface area contributed by atoms with Crippen molar-refractivity contribution in [3.63, 3.8) is 0 Å². The number of benzene rings is 15. The number of hydrogen-bond acceptors (Lipinski definition) is 3. The molecule has 18 aromatic rings. The van der Waals surface area contributed by atoms with Gasteiger partial charge in [0.25, 0.3) is 6.71 Å². The van der Waals surface area contributed by atoms with E-state index < -0.39 is 236 Å². The summed E-state index contributed by atoms with van der Waals surface area (Å²) in [6.07, 6.45) is 0. The van der Waals surface area contributed by atoms with Crippen LogP contribution in [-0.4, -0.2) is 15.8 Å². The molecular formula is C98H73BN4O. The smallest absolute Gasteiger partial charge is 0.252 e. The summed E-state index contributed by atoms with van der Waals surface area (Å²) in [5.41, 5.74) is -7.19. The lowest BCUT2D eigenvalue weighted by Crippen LogP contribution is -2.61. The lowest BCUT2D eigenvalue weighted by atomic mass is 9.33. The second-order valence-electron chi connectivity index (χ2n) is 28.1. The van der Waals surface area contributed by atoms with Crippen molar-refractivity contribution in [1.82, 2.24) is 9.13 Å². The third-order valence-electron chi connectivity index (χ3n) is 19.8. The lowest BCUT2D eigenvalue weighted by Gasteiger charge is -2.46. The van der Waals surface area contributed by atoms with Gasteiger partial charge in [0.05, 0.1) is 71.8 Å². The maximum absolute atomic E-state index is 11.9. The molecule has 0 aliphatic carbocycles. The SMILES string of the molecule is [2H]c1c([2H])c(-c2ccccc2)c(N2c3cc(C(C)(C)C)cc4c3B(c3c([2H])c([2H])c(-n5c6c([2H])c([2H])c([2H])c([2H])c6c6c([2H])c(-c7ccccc7)c([2H])c([2H])c65)c([2H])c32)c2c([2H])c([2H])c(-n3c5c([2H])c([2H])c([2H])c([2H])c5c5c([2H])c(-c6ccccc6)c([2H])c([2H])c53)c([2H])c2N4c2c(-c3ccccc3)c([2H])c(C(C)(C)C)c3c2oc2c([2H])c([2H])c([2H])c([2H])c23)c(-c2ccccc2)c1[2H]. The van der Waals surface area contributed by atoms with Crippen molar-refractivity contribution in [3.8, 4) is 67.0 Å². The Morgan fingerprint density at radius 2 is 0.760 bits per heavy atom. The molecule has 3 aromatic heterocycles. The molecule has 0 fully saturated rings. The summed E-state index contributed by atoms with van der Waals surface area (Å²) in [5.74, 6) is 0. The molecule has 2 aliphatic rings. The standard InChI is InChI=1S/C98H73BN4O/c1-97(2,3)69-57-89-93-90(58-69)103(95-77(66-37-20-11-21-38-66)61-80(98(4,5)6)92-76-41-24-27-46-91(76)104-96(92)95)88-60-71(101-84-45-26-23-40-75(84)79-56-68(48-54-86(79)101)63-31-14-8-15-32-63)50-52-82(88)99(93)81-51-49-70(100-83-44-25-22-39-74(83)78-55-67(47-53-85(78)100)62-29-12-7-13-30-62)59-87(81)102(89)94-72(64-33-16-9-17-34-64)42-28-43-73(94)65-35-18-10-19-36-65/h7-61H,1-6H3/i22D,23D,24D,25D,26D,27D,28D,39D,40D,41D,42D,43D,44D,45D,46D,47D,48D,49D,50D,51D,52D,53D,54D,55D,56D,59D,60D,61D. The van der Waals surface area contributed by atoms with Crippen molar-refractivity contribution in [2.75, 3.05) is 9.80 Å². The molecule has 2 aliphatic heterocycles. The monoisotopic (exact) mass is 1360 g/mol. The van der Waals surface area contributed by atoms with E-state index in [1.54, 1.807) is 164 Å². The Labute approximate surface area is 645 Å². The Hall–Kier alpha value is -12.6. The van der Waals surface area contributed by atoms with Crippen LogP contribution in [0.4, 0.5) is 34.1 Å². The maximum Gasteiger partial charge on any atom is 0.252 e. The van der Waals surface area contributed by atoms with E-state index in [4.69, 9.17) is 4.42 Å². The van der Waals surface area contributed by atoms with Crippen molar-refractivity contribution in [1.29, 1.82) is 0 Å². The molecule has 0 unspecified atom stereocenters. The number of aromatic nitrogens is 2. The summed E-state index contributed by atoms with van der Waals surface area (Å²) >= 11 is 0. The summed E-state index contributed by atoms with van der Waals surface area (Å²) in [4.78, 5) is 3.00.